The van der Waals surface area contributed by atoms with E-state index in [1.54, 1.807) is 18.2 Å². The lowest BCUT2D eigenvalue weighted by Gasteiger charge is -2.22. The molecule has 0 saturated heterocycles. The van der Waals surface area contributed by atoms with Crippen LogP contribution in [0.25, 0.3) is 0 Å². The van der Waals surface area contributed by atoms with E-state index in [1.807, 2.05) is 27.0 Å². The number of sulfonamides is 1. The summed E-state index contributed by atoms with van der Waals surface area (Å²) in [7, 11) is -1.59. The summed E-state index contributed by atoms with van der Waals surface area (Å²) >= 11 is 0. The van der Waals surface area contributed by atoms with E-state index in [-0.39, 0.29) is 5.41 Å². The molecule has 0 aromatic heterocycles. The third-order valence-corrected chi connectivity index (χ3v) is 4.69. The number of benzene rings is 1. The first-order valence-corrected chi connectivity index (χ1v) is 8.02. The molecule has 0 bridgehead atoms. The Morgan fingerprint density at radius 2 is 1.95 bits per heavy atom. The van der Waals surface area contributed by atoms with Crippen LogP contribution in [0.3, 0.4) is 0 Å². The van der Waals surface area contributed by atoms with Crippen molar-refractivity contribution in [2.75, 3.05) is 13.6 Å². The third kappa shape index (κ3) is 4.93. The normalized spacial score (nSPS) is 12.6. The van der Waals surface area contributed by atoms with Crippen LogP contribution >= 0.6 is 0 Å². The Kier molecular flexibility index (Phi) is 5.52. The largest absolute Gasteiger partial charge is 0.316 e. The van der Waals surface area contributed by atoms with Gasteiger partial charge in [-0.3, -0.25) is 0 Å². The molecule has 108 valence electrons. The predicted molar refractivity (Wildman–Crippen MR) is 78.5 cm³/mol. The molecule has 0 fully saturated rings. The zero-order valence-corrected chi connectivity index (χ0v) is 13.0. The zero-order chi connectivity index (χ0) is 14.5. The van der Waals surface area contributed by atoms with Crippen molar-refractivity contribution in [2.24, 2.45) is 5.41 Å². The molecule has 0 aliphatic carbocycles. The molecule has 5 heteroatoms. The minimum Gasteiger partial charge on any atom is -0.316 e. The maximum atomic E-state index is 12.2. The molecule has 0 amide bonds. The fourth-order valence-corrected chi connectivity index (χ4v) is 2.84. The molecule has 0 radical (unpaired) electrons. The van der Waals surface area contributed by atoms with Crippen LogP contribution in [-0.2, 0) is 16.6 Å². The molecule has 0 saturated carbocycles. The van der Waals surface area contributed by atoms with E-state index >= 15 is 0 Å². The molecule has 1 aromatic rings. The van der Waals surface area contributed by atoms with Gasteiger partial charge in [0.05, 0.1) is 4.90 Å². The van der Waals surface area contributed by atoms with E-state index in [1.165, 1.54) is 0 Å². The van der Waals surface area contributed by atoms with Gasteiger partial charge in [0.2, 0.25) is 10.0 Å². The van der Waals surface area contributed by atoms with Crippen LogP contribution in [0, 0.1) is 5.41 Å². The average molecular weight is 284 g/mol. The number of hydrogen-bond acceptors (Lipinski definition) is 3. The molecule has 2 N–H and O–H groups in total. The fourth-order valence-electron chi connectivity index (χ4n) is 1.53. The summed E-state index contributed by atoms with van der Waals surface area (Å²) < 4.78 is 27.1. The number of hydrogen-bond donors (Lipinski definition) is 2. The minimum atomic E-state index is -3.42. The lowest BCUT2D eigenvalue weighted by atomic mass is 9.91. The SMILES string of the molecule is CCC(C)(C)CNS(=O)(=O)c1cccc(CNC)c1. The van der Waals surface area contributed by atoms with Gasteiger partial charge in [0.15, 0.2) is 0 Å². The smallest absolute Gasteiger partial charge is 0.240 e. The first-order chi connectivity index (χ1) is 8.80. The van der Waals surface area contributed by atoms with Crippen LogP contribution in [0.2, 0.25) is 0 Å². The van der Waals surface area contributed by atoms with Gasteiger partial charge < -0.3 is 5.32 Å². The highest BCUT2D eigenvalue weighted by atomic mass is 32.2. The van der Waals surface area contributed by atoms with Gasteiger partial charge in [0.25, 0.3) is 0 Å². The fraction of sp³-hybridized carbons (Fsp3) is 0.571. The summed E-state index contributed by atoms with van der Waals surface area (Å²) in [5.74, 6) is 0. The molecular formula is C14H24N2O2S. The zero-order valence-electron chi connectivity index (χ0n) is 12.2. The Balaban J connectivity index is 2.85. The molecule has 4 nitrogen and oxygen atoms in total. The van der Waals surface area contributed by atoms with Crippen molar-refractivity contribution >= 4 is 10.0 Å². The second-order valence-electron chi connectivity index (χ2n) is 5.52. The first kappa shape index (κ1) is 16.1. The lowest BCUT2D eigenvalue weighted by molar-refractivity contribution is 0.350. The van der Waals surface area contributed by atoms with E-state index in [9.17, 15) is 8.42 Å². The highest BCUT2D eigenvalue weighted by molar-refractivity contribution is 7.89. The number of nitrogens with one attached hydrogen (secondary N) is 2. The van der Waals surface area contributed by atoms with Crippen LogP contribution in [0.5, 0.6) is 0 Å². The molecule has 0 aliphatic heterocycles. The summed E-state index contributed by atoms with van der Waals surface area (Å²) in [5.41, 5.74) is 0.926. The Morgan fingerprint density at radius 3 is 2.53 bits per heavy atom. The van der Waals surface area contributed by atoms with Crippen molar-refractivity contribution in [2.45, 2.75) is 38.6 Å². The van der Waals surface area contributed by atoms with Crippen LogP contribution in [0.1, 0.15) is 32.8 Å². The summed E-state index contributed by atoms with van der Waals surface area (Å²) in [5, 5.41) is 3.01. The van der Waals surface area contributed by atoms with Gasteiger partial charge in [-0.1, -0.05) is 32.9 Å². The maximum absolute atomic E-state index is 12.2. The molecule has 0 atom stereocenters. The van der Waals surface area contributed by atoms with Crippen molar-refractivity contribution in [3.63, 3.8) is 0 Å². The standard InChI is InChI=1S/C14H24N2O2S/c1-5-14(2,3)11-16-19(17,18)13-8-6-7-12(9-13)10-15-4/h6-9,15-16H,5,10-11H2,1-4H3. The molecule has 0 heterocycles. The minimum absolute atomic E-state index is 0.0321. The van der Waals surface area contributed by atoms with Crippen LogP contribution in [0.4, 0.5) is 0 Å². The highest BCUT2D eigenvalue weighted by Gasteiger charge is 2.20. The molecular weight excluding hydrogens is 260 g/mol. The Labute approximate surface area is 116 Å². The Hall–Kier alpha value is -0.910. The van der Waals surface area contributed by atoms with Gasteiger partial charge in [-0.05, 0) is 36.6 Å². The maximum Gasteiger partial charge on any atom is 0.240 e. The van der Waals surface area contributed by atoms with Crippen molar-refractivity contribution in [3.8, 4) is 0 Å². The van der Waals surface area contributed by atoms with Crippen molar-refractivity contribution in [1.29, 1.82) is 0 Å². The molecule has 0 unspecified atom stereocenters. The van der Waals surface area contributed by atoms with Crippen molar-refractivity contribution < 1.29 is 8.42 Å². The summed E-state index contributed by atoms with van der Waals surface area (Å²) in [6.45, 7) is 7.26. The monoisotopic (exact) mass is 284 g/mol. The van der Waals surface area contributed by atoms with E-state index < -0.39 is 10.0 Å². The van der Waals surface area contributed by atoms with E-state index in [0.717, 1.165) is 12.0 Å². The second-order valence-corrected chi connectivity index (χ2v) is 7.29. The Morgan fingerprint density at radius 1 is 1.26 bits per heavy atom. The average Bonchev–Trinajstić information content (AvgIpc) is 2.38. The van der Waals surface area contributed by atoms with Gasteiger partial charge in [-0.2, -0.15) is 0 Å². The van der Waals surface area contributed by atoms with Crippen LogP contribution in [-0.4, -0.2) is 22.0 Å². The predicted octanol–water partition coefficient (Wildman–Crippen LogP) is 2.12. The van der Waals surface area contributed by atoms with Gasteiger partial charge in [-0.15, -0.1) is 0 Å². The molecule has 0 spiro atoms. The van der Waals surface area contributed by atoms with Crippen molar-refractivity contribution in [1.82, 2.24) is 10.0 Å². The van der Waals surface area contributed by atoms with E-state index in [4.69, 9.17) is 0 Å². The highest BCUT2D eigenvalue weighted by Crippen LogP contribution is 2.19. The van der Waals surface area contributed by atoms with Crippen molar-refractivity contribution in [3.05, 3.63) is 29.8 Å². The molecule has 0 aliphatic rings. The molecule has 1 rings (SSSR count). The van der Waals surface area contributed by atoms with Crippen LogP contribution < -0.4 is 10.0 Å². The summed E-state index contributed by atoms with van der Waals surface area (Å²) in [4.78, 5) is 0.326. The van der Waals surface area contributed by atoms with Gasteiger partial charge >= 0.3 is 0 Å². The number of rotatable bonds is 7. The molecule has 1 aromatic carbocycles. The van der Waals surface area contributed by atoms with E-state index in [0.29, 0.717) is 18.0 Å². The van der Waals surface area contributed by atoms with Gasteiger partial charge in [-0.25, -0.2) is 13.1 Å². The van der Waals surface area contributed by atoms with Gasteiger partial charge in [0.1, 0.15) is 0 Å². The molecule has 19 heavy (non-hydrogen) atoms. The summed E-state index contributed by atoms with van der Waals surface area (Å²) in [6.07, 6.45) is 0.926. The lowest BCUT2D eigenvalue weighted by Crippen LogP contribution is -2.33. The second kappa shape index (κ2) is 6.50. The quantitative estimate of drug-likeness (QED) is 0.806. The Bertz CT molecular complexity index is 510. The van der Waals surface area contributed by atoms with Crippen LogP contribution in [0.15, 0.2) is 29.2 Å². The summed E-state index contributed by atoms with van der Waals surface area (Å²) in [6, 6.07) is 7.01. The van der Waals surface area contributed by atoms with E-state index in [2.05, 4.69) is 17.0 Å². The first-order valence-electron chi connectivity index (χ1n) is 6.54. The third-order valence-electron chi connectivity index (χ3n) is 3.29. The van der Waals surface area contributed by atoms with Gasteiger partial charge in [0, 0.05) is 13.1 Å². The topological polar surface area (TPSA) is 58.2 Å².